The molecule has 0 aromatic heterocycles. The highest BCUT2D eigenvalue weighted by molar-refractivity contribution is 6.33. The lowest BCUT2D eigenvalue weighted by molar-refractivity contribution is 1.15. The smallest absolute Gasteiger partial charge is 0.0935 e. The van der Waals surface area contributed by atoms with Gasteiger partial charge in [0.15, 0.2) is 0 Å². The maximum absolute atomic E-state index is 5.70. The van der Waals surface area contributed by atoms with Gasteiger partial charge in [-0.05, 0) is 13.3 Å². The van der Waals surface area contributed by atoms with Crippen LogP contribution in [0.25, 0.3) is 0 Å². The fourth-order valence-corrected chi connectivity index (χ4v) is 1.04. The zero-order chi connectivity index (χ0) is 11.6. The average molecular weight is 190 g/mol. The lowest BCUT2D eigenvalue weighted by atomic mass is 9.88. The van der Waals surface area contributed by atoms with Crippen molar-refractivity contribution in [2.24, 2.45) is 0 Å². The molecule has 1 aromatic rings. The lowest BCUT2D eigenvalue weighted by Crippen LogP contribution is -2.08. The molecule has 0 spiro atoms. The van der Waals surface area contributed by atoms with Crippen molar-refractivity contribution in [2.45, 2.75) is 48.0 Å². The predicted octanol–water partition coefficient (Wildman–Crippen LogP) is 3.40. The van der Waals surface area contributed by atoms with Gasteiger partial charge in [0.25, 0.3) is 0 Å². The Morgan fingerprint density at radius 1 is 1.07 bits per heavy atom. The molecule has 0 saturated carbocycles. The van der Waals surface area contributed by atoms with Crippen LogP contribution in [0.3, 0.4) is 0 Å². The molecular formula is C13H23B. The van der Waals surface area contributed by atoms with E-state index in [-0.39, 0.29) is 0 Å². The number of aryl methyl sites for hydroxylation is 2. The van der Waals surface area contributed by atoms with Crippen molar-refractivity contribution in [1.82, 2.24) is 0 Å². The molecule has 0 N–H and O–H groups in total. The fraction of sp³-hybridized carbons (Fsp3) is 0.538. The Morgan fingerprint density at radius 3 is 1.93 bits per heavy atom. The summed E-state index contributed by atoms with van der Waals surface area (Å²) in [6.45, 7) is 12.2. The second-order valence-electron chi connectivity index (χ2n) is 2.56. The van der Waals surface area contributed by atoms with Gasteiger partial charge < -0.3 is 0 Å². The minimum Gasteiger partial charge on any atom is -0.0935 e. The molecule has 0 atom stereocenters. The number of hydrogen-bond acceptors (Lipinski definition) is 0. The molecule has 1 rings (SSSR count). The van der Waals surface area contributed by atoms with Crippen LogP contribution >= 0.6 is 0 Å². The molecular weight excluding hydrogens is 167 g/mol. The summed E-state index contributed by atoms with van der Waals surface area (Å²) in [5, 5.41) is 0. The van der Waals surface area contributed by atoms with Crippen LogP contribution in [-0.2, 0) is 6.42 Å². The first-order valence-electron chi connectivity index (χ1n) is 5.59. The van der Waals surface area contributed by atoms with Gasteiger partial charge in [-0.3, -0.25) is 0 Å². The van der Waals surface area contributed by atoms with Gasteiger partial charge in [0.2, 0.25) is 0 Å². The van der Waals surface area contributed by atoms with Crippen LogP contribution in [0.4, 0.5) is 0 Å². The molecule has 78 valence electrons. The quantitative estimate of drug-likeness (QED) is 0.595. The molecule has 0 nitrogen and oxygen atoms in total. The van der Waals surface area contributed by atoms with Gasteiger partial charge in [-0.1, -0.05) is 69.4 Å². The van der Waals surface area contributed by atoms with Gasteiger partial charge in [0.1, 0.15) is 7.85 Å². The first-order chi connectivity index (χ1) is 6.74. The van der Waals surface area contributed by atoms with Crippen LogP contribution < -0.4 is 5.46 Å². The fourth-order valence-electron chi connectivity index (χ4n) is 1.04. The van der Waals surface area contributed by atoms with Crippen molar-refractivity contribution in [3.05, 3.63) is 29.3 Å². The zero-order valence-corrected chi connectivity index (χ0v) is 10.5. The summed E-state index contributed by atoms with van der Waals surface area (Å²) in [6.07, 6.45) is 1.02. The molecule has 0 heterocycles. The third-order valence-electron chi connectivity index (χ3n) is 1.68. The Hall–Kier alpha value is -0.715. The van der Waals surface area contributed by atoms with Gasteiger partial charge in [0.05, 0.1) is 0 Å². The van der Waals surface area contributed by atoms with E-state index in [2.05, 4.69) is 19.9 Å². The average Bonchev–Trinajstić information content (AvgIpc) is 2.27. The molecule has 0 unspecified atom stereocenters. The highest BCUT2D eigenvalue weighted by atomic mass is 14.0. The molecule has 1 aromatic carbocycles. The van der Waals surface area contributed by atoms with Crippen LogP contribution in [0.5, 0.6) is 0 Å². The Morgan fingerprint density at radius 2 is 1.57 bits per heavy atom. The monoisotopic (exact) mass is 190 g/mol. The predicted molar refractivity (Wildman–Crippen MR) is 68.6 cm³/mol. The van der Waals surface area contributed by atoms with E-state index >= 15 is 0 Å². The Kier molecular flexibility index (Phi) is 11.7. The van der Waals surface area contributed by atoms with Gasteiger partial charge in [-0.15, -0.1) is 0 Å². The zero-order valence-electron chi connectivity index (χ0n) is 10.5. The molecule has 0 aliphatic heterocycles. The summed E-state index contributed by atoms with van der Waals surface area (Å²) >= 11 is 0. The molecule has 0 bridgehead atoms. The standard InChI is InChI=1S/C9H11B.2C2H6/c1-3-8-6-7(2)4-5-9(8)10;2*1-2/h4-6H,3H2,1-2H3;2*1-2H3. The molecule has 0 aliphatic carbocycles. The summed E-state index contributed by atoms with van der Waals surface area (Å²) < 4.78 is 0. The van der Waals surface area contributed by atoms with Crippen LogP contribution in [0.1, 0.15) is 45.7 Å². The summed E-state index contributed by atoms with van der Waals surface area (Å²) in [5.74, 6) is 0. The SMILES string of the molecule is CC.CC.[B]c1ccc(C)cc1CC. The van der Waals surface area contributed by atoms with E-state index in [1.807, 2.05) is 39.8 Å². The van der Waals surface area contributed by atoms with Crippen molar-refractivity contribution < 1.29 is 0 Å². The maximum Gasteiger partial charge on any atom is 0.114 e. The second kappa shape index (κ2) is 10.4. The molecule has 0 aliphatic rings. The first-order valence-corrected chi connectivity index (χ1v) is 5.59. The van der Waals surface area contributed by atoms with E-state index in [4.69, 9.17) is 7.85 Å². The van der Waals surface area contributed by atoms with E-state index < -0.39 is 0 Å². The minimum atomic E-state index is 0.910. The number of hydrogen-bond donors (Lipinski definition) is 0. The first kappa shape index (κ1) is 15.7. The van der Waals surface area contributed by atoms with Gasteiger partial charge in [0, 0.05) is 0 Å². The molecule has 0 saturated heterocycles. The van der Waals surface area contributed by atoms with Crippen LogP contribution in [-0.4, -0.2) is 7.85 Å². The lowest BCUT2D eigenvalue weighted by Gasteiger charge is -2.02. The van der Waals surface area contributed by atoms with E-state index in [1.54, 1.807) is 0 Å². The minimum absolute atomic E-state index is 0.910. The maximum atomic E-state index is 5.70. The van der Waals surface area contributed by atoms with Crippen molar-refractivity contribution in [3.8, 4) is 0 Å². The van der Waals surface area contributed by atoms with E-state index in [0.29, 0.717) is 0 Å². The van der Waals surface area contributed by atoms with Crippen LogP contribution in [0, 0.1) is 6.92 Å². The summed E-state index contributed by atoms with van der Waals surface area (Å²) in [5.41, 5.74) is 3.44. The third-order valence-corrected chi connectivity index (χ3v) is 1.68. The van der Waals surface area contributed by atoms with Crippen molar-refractivity contribution in [3.63, 3.8) is 0 Å². The van der Waals surface area contributed by atoms with Gasteiger partial charge >= 0.3 is 0 Å². The topological polar surface area (TPSA) is 0 Å². The Balaban J connectivity index is 0. The molecule has 0 amide bonds. The number of benzene rings is 1. The van der Waals surface area contributed by atoms with Crippen LogP contribution in [0.2, 0.25) is 0 Å². The van der Waals surface area contributed by atoms with E-state index in [0.717, 1.165) is 11.9 Å². The summed E-state index contributed by atoms with van der Waals surface area (Å²) in [4.78, 5) is 0. The normalized spacial score (nSPS) is 7.86. The summed E-state index contributed by atoms with van der Waals surface area (Å²) in [7, 11) is 5.70. The van der Waals surface area contributed by atoms with Crippen molar-refractivity contribution >= 4 is 13.3 Å². The van der Waals surface area contributed by atoms with Crippen molar-refractivity contribution in [1.29, 1.82) is 0 Å². The van der Waals surface area contributed by atoms with Crippen LogP contribution in [0.15, 0.2) is 18.2 Å². The Labute approximate surface area is 91.1 Å². The largest absolute Gasteiger partial charge is 0.114 e. The summed E-state index contributed by atoms with van der Waals surface area (Å²) in [6, 6.07) is 6.14. The molecule has 14 heavy (non-hydrogen) atoms. The highest BCUT2D eigenvalue weighted by Crippen LogP contribution is 2.00. The van der Waals surface area contributed by atoms with Gasteiger partial charge in [-0.2, -0.15) is 0 Å². The molecule has 1 heteroatoms. The molecule has 2 radical (unpaired) electrons. The second-order valence-corrected chi connectivity index (χ2v) is 2.56. The van der Waals surface area contributed by atoms with E-state index in [9.17, 15) is 0 Å². The van der Waals surface area contributed by atoms with Gasteiger partial charge in [-0.25, -0.2) is 0 Å². The third kappa shape index (κ3) is 5.85. The van der Waals surface area contributed by atoms with E-state index in [1.165, 1.54) is 11.1 Å². The molecule has 0 fully saturated rings. The van der Waals surface area contributed by atoms with Crippen molar-refractivity contribution in [2.75, 3.05) is 0 Å². The Bertz CT molecular complexity index is 229. The highest BCUT2D eigenvalue weighted by Gasteiger charge is 1.93. The number of rotatable bonds is 1.